The van der Waals surface area contributed by atoms with Crippen molar-refractivity contribution in [2.75, 3.05) is 7.11 Å². The third kappa shape index (κ3) is 1.84. The van der Waals surface area contributed by atoms with Gasteiger partial charge in [0.1, 0.15) is 0 Å². The number of Topliss-reactive ketones (excluding diaryl/α,β-unsaturated/α-hetero) is 1. The van der Waals surface area contributed by atoms with Gasteiger partial charge in [-0.3, -0.25) is 9.59 Å². The first kappa shape index (κ1) is 9.77. The molecule has 0 aliphatic carbocycles. The van der Waals surface area contributed by atoms with E-state index < -0.39 is 17.4 Å². The van der Waals surface area contributed by atoms with Gasteiger partial charge >= 0.3 is 5.97 Å². The molecule has 0 aliphatic rings. The van der Waals surface area contributed by atoms with Crippen LogP contribution >= 0.6 is 0 Å². The van der Waals surface area contributed by atoms with E-state index in [0.717, 1.165) is 14.0 Å². The maximum Gasteiger partial charge on any atom is 0.345 e. The highest BCUT2D eigenvalue weighted by Crippen LogP contribution is 2.05. The molecule has 0 spiro atoms. The van der Waals surface area contributed by atoms with Crippen molar-refractivity contribution in [2.24, 2.45) is 0 Å². The lowest BCUT2D eigenvalue weighted by molar-refractivity contribution is -0.166. The standard InChI is InChI=1S/C6H8O5/c1-6(10,4(8)3-7)5(9)11-2/h3,10H,1-2H3. The van der Waals surface area contributed by atoms with Crippen molar-refractivity contribution in [2.45, 2.75) is 12.5 Å². The van der Waals surface area contributed by atoms with Gasteiger partial charge in [0.2, 0.25) is 11.4 Å². The molecule has 0 aliphatic heterocycles. The Morgan fingerprint density at radius 2 is 2.00 bits per heavy atom. The highest BCUT2D eigenvalue weighted by Gasteiger charge is 2.39. The fourth-order valence-electron chi connectivity index (χ4n) is 0.414. The van der Waals surface area contributed by atoms with Gasteiger partial charge in [0.05, 0.1) is 7.11 Å². The zero-order valence-electron chi connectivity index (χ0n) is 6.16. The Bertz CT molecular complexity index is 193. The Hall–Kier alpha value is -1.23. The molecule has 5 nitrogen and oxygen atoms in total. The molecule has 0 radical (unpaired) electrons. The fraction of sp³-hybridized carbons (Fsp3) is 0.500. The number of rotatable bonds is 3. The molecule has 62 valence electrons. The first-order valence-corrected chi connectivity index (χ1v) is 2.77. The van der Waals surface area contributed by atoms with Crippen molar-refractivity contribution in [3.63, 3.8) is 0 Å². The van der Waals surface area contributed by atoms with E-state index in [9.17, 15) is 14.4 Å². The average molecular weight is 160 g/mol. The molecule has 0 aromatic carbocycles. The smallest absolute Gasteiger partial charge is 0.345 e. The molecular formula is C6H8O5. The second-order valence-electron chi connectivity index (χ2n) is 2.05. The average Bonchev–Trinajstić information content (AvgIpc) is 2.01. The number of esters is 1. The summed E-state index contributed by atoms with van der Waals surface area (Å²) in [5, 5.41) is 9.00. The third-order valence-corrected chi connectivity index (χ3v) is 1.17. The minimum atomic E-state index is -2.35. The van der Waals surface area contributed by atoms with Gasteiger partial charge in [-0.05, 0) is 6.92 Å². The lowest BCUT2D eigenvalue weighted by atomic mass is 10.0. The second kappa shape index (κ2) is 3.25. The number of hydrogen-bond donors (Lipinski definition) is 1. The number of hydrogen-bond acceptors (Lipinski definition) is 5. The van der Waals surface area contributed by atoms with E-state index in [1.54, 1.807) is 0 Å². The summed E-state index contributed by atoms with van der Waals surface area (Å²) in [4.78, 5) is 31.0. The zero-order chi connectivity index (χ0) is 9.07. The lowest BCUT2D eigenvalue weighted by Gasteiger charge is -2.14. The van der Waals surface area contributed by atoms with Gasteiger partial charge < -0.3 is 9.84 Å². The molecule has 0 rings (SSSR count). The predicted octanol–water partition coefficient (Wildman–Crippen LogP) is -1.32. The van der Waals surface area contributed by atoms with Crippen molar-refractivity contribution >= 4 is 18.0 Å². The molecule has 5 heteroatoms. The van der Waals surface area contributed by atoms with E-state index in [1.807, 2.05) is 0 Å². The SMILES string of the molecule is COC(=O)C(C)(O)C(=O)C=O. The summed E-state index contributed by atoms with van der Waals surface area (Å²) in [5.41, 5.74) is -2.35. The molecule has 0 saturated heterocycles. The molecule has 1 N–H and O–H groups in total. The predicted molar refractivity (Wildman–Crippen MR) is 33.7 cm³/mol. The third-order valence-electron chi connectivity index (χ3n) is 1.17. The molecule has 0 amide bonds. The summed E-state index contributed by atoms with van der Waals surface area (Å²) in [5.74, 6) is -2.36. The topological polar surface area (TPSA) is 80.7 Å². The van der Waals surface area contributed by atoms with Crippen LogP contribution < -0.4 is 0 Å². The molecule has 0 aromatic heterocycles. The Morgan fingerprint density at radius 3 is 2.27 bits per heavy atom. The van der Waals surface area contributed by atoms with E-state index >= 15 is 0 Å². The van der Waals surface area contributed by atoms with Crippen LogP contribution in [-0.2, 0) is 19.1 Å². The summed E-state index contributed by atoms with van der Waals surface area (Å²) in [6, 6.07) is 0. The quantitative estimate of drug-likeness (QED) is 0.239. The number of ether oxygens (including phenoxy) is 1. The Kier molecular flexibility index (Phi) is 2.88. The molecule has 1 atom stereocenters. The number of aliphatic hydroxyl groups is 1. The van der Waals surface area contributed by atoms with Crippen molar-refractivity contribution in [3.8, 4) is 0 Å². The highest BCUT2D eigenvalue weighted by atomic mass is 16.5. The molecule has 0 saturated carbocycles. The van der Waals surface area contributed by atoms with E-state index in [-0.39, 0.29) is 6.29 Å². The maximum absolute atomic E-state index is 10.6. The summed E-state index contributed by atoms with van der Waals surface area (Å²) in [7, 11) is 1.01. The summed E-state index contributed by atoms with van der Waals surface area (Å²) in [6.45, 7) is 0.898. The van der Waals surface area contributed by atoms with Crippen molar-refractivity contribution in [3.05, 3.63) is 0 Å². The molecule has 0 fully saturated rings. The van der Waals surface area contributed by atoms with Crippen LogP contribution in [0.25, 0.3) is 0 Å². The van der Waals surface area contributed by atoms with Crippen LogP contribution in [0.1, 0.15) is 6.92 Å². The van der Waals surface area contributed by atoms with Crippen LogP contribution in [0.5, 0.6) is 0 Å². The largest absolute Gasteiger partial charge is 0.467 e. The monoisotopic (exact) mass is 160 g/mol. The first-order chi connectivity index (χ1) is 4.96. The number of aldehydes is 1. The fourth-order valence-corrected chi connectivity index (χ4v) is 0.414. The molecule has 11 heavy (non-hydrogen) atoms. The van der Waals surface area contributed by atoms with Crippen LogP contribution in [-0.4, -0.2) is 35.9 Å². The van der Waals surface area contributed by atoms with E-state index in [1.165, 1.54) is 0 Å². The van der Waals surface area contributed by atoms with Crippen LogP contribution in [0.15, 0.2) is 0 Å². The number of carbonyl (C=O) groups excluding carboxylic acids is 3. The van der Waals surface area contributed by atoms with E-state index in [0.29, 0.717) is 0 Å². The summed E-state index contributed by atoms with van der Waals surface area (Å²) < 4.78 is 4.07. The molecule has 0 heterocycles. The van der Waals surface area contributed by atoms with E-state index in [2.05, 4.69) is 4.74 Å². The van der Waals surface area contributed by atoms with Crippen molar-refractivity contribution in [1.82, 2.24) is 0 Å². The highest BCUT2D eigenvalue weighted by molar-refractivity contribution is 6.34. The zero-order valence-corrected chi connectivity index (χ0v) is 6.16. The summed E-state index contributed by atoms with van der Waals surface area (Å²) in [6.07, 6.45) is -0.128. The number of carbonyl (C=O) groups is 3. The van der Waals surface area contributed by atoms with E-state index in [4.69, 9.17) is 5.11 Å². The Morgan fingerprint density at radius 1 is 1.55 bits per heavy atom. The van der Waals surface area contributed by atoms with Crippen LogP contribution in [0, 0.1) is 0 Å². The van der Waals surface area contributed by atoms with Gasteiger partial charge in [-0.15, -0.1) is 0 Å². The van der Waals surface area contributed by atoms with Gasteiger partial charge in [-0.2, -0.15) is 0 Å². The molecule has 0 bridgehead atoms. The van der Waals surface area contributed by atoms with Gasteiger partial charge in [0.15, 0.2) is 6.29 Å². The van der Waals surface area contributed by atoms with Crippen molar-refractivity contribution in [1.29, 1.82) is 0 Å². The van der Waals surface area contributed by atoms with Crippen LogP contribution in [0.3, 0.4) is 0 Å². The van der Waals surface area contributed by atoms with Gasteiger partial charge in [-0.25, -0.2) is 4.79 Å². The van der Waals surface area contributed by atoms with Gasteiger partial charge in [0, 0.05) is 0 Å². The lowest BCUT2D eigenvalue weighted by Crippen LogP contribution is -2.45. The van der Waals surface area contributed by atoms with Crippen LogP contribution in [0.4, 0.5) is 0 Å². The number of methoxy groups -OCH3 is 1. The Balaban J connectivity index is 4.57. The number of ketones is 1. The van der Waals surface area contributed by atoms with Gasteiger partial charge in [0.25, 0.3) is 0 Å². The molecular weight excluding hydrogens is 152 g/mol. The maximum atomic E-state index is 10.6. The van der Waals surface area contributed by atoms with Crippen molar-refractivity contribution < 1.29 is 24.2 Å². The Labute approximate surface area is 63.0 Å². The second-order valence-corrected chi connectivity index (χ2v) is 2.05. The van der Waals surface area contributed by atoms with Gasteiger partial charge in [-0.1, -0.05) is 0 Å². The molecule has 0 aromatic rings. The minimum absolute atomic E-state index is 0.128. The first-order valence-electron chi connectivity index (χ1n) is 2.77. The summed E-state index contributed by atoms with van der Waals surface area (Å²) >= 11 is 0. The molecule has 1 unspecified atom stereocenters. The normalized spacial score (nSPS) is 14.8. The van der Waals surface area contributed by atoms with Crippen LogP contribution in [0.2, 0.25) is 0 Å². The minimum Gasteiger partial charge on any atom is -0.467 e.